The van der Waals surface area contributed by atoms with Gasteiger partial charge in [-0.25, -0.2) is 0 Å². The summed E-state index contributed by atoms with van der Waals surface area (Å²) in [5, 5.41) is 3.82. The lowest BCUT2D eigenvalue weighted by molar-refractivity contribution is 0.101. The molecule has 0 aromatic heterocycles. The Labute approximate surface area is 114 Å². The highest BCUT2D eigenvalue weighted by atomic mass is 15.2. The first-order chi connectivity index (χ1) is 8.72. The molecule has 1 saturated carbocycles. The van der Waals surface area contributed by atoms with Crippen LogP contribution in [0, 0.1) is 11.8 Å². The van der Waals surface area contributed by atoms with Crippen LogP contribution < -0.4 is 5.32 Å². The Morgan fingerprint density at radius 3 is 2.50 bits per heavy atom. The Morgan fingerprint density at radius 2 is 1.89 bits per heavy atom. The zero-order chi connectivity index (χ0) is 13.0. The lowest BCUT2D eigenvalue weighted by Gasteiger charge is -2.43. The molecule has 1 heterocycles. The van der Waals surface area contributed by atoms with Gasteiger partial charge in [-0.05, 0) is 70.0 Å². The van der Waals surface area contributed by atoms with E-state index in [9.17, 15) is 0 Å². The first-order valence-electron chi connectivity index (χ1n) is 8.19. The van der Waals surface area contributed by atoms with Crippen LogP contribution in [0.5, 0.6) is 0 Å². The number of nitrogens with one attached hydrogen (secondary N) is 1. The Balaban J connectivity index is 1.95. The highest BCUT2D eigenvalue weighted by Gasteiger charge is 2.35. The molecule has 0 aromatic carbocycles. The van der Waals surface area contributed by atoms with Gasteiger partial charge in [-0.3, -0.25) is 4.90 Å². The lowest BCUT2D eigenvalue weighted by Crippen LogP contribution is -2.53. The summed E-state index contributed by atoms with van der Waals surface area (Å²) in [7, 11) is 0. The Bertz CT molecular complexity index is 233. The van der Waals surface area contributed by atoms with E-state index >= 15 is 0 Å². The highest BCUT2D eigenvalue weighted by Crippen LogP contribution is 2.34. The standard InChI is InChI=1S/C16H32N2/c1-4-9-17-15-8-7-14(13(2)3)12-16(15)18-10-5-6-11-18/h13-17H,4-12H2,1-3H3. The molecule has 2 fully saturated rings. The Kier molecular flexibility index (Phi) is 5.50. The summed E-state index contributed by atoms with van der Waals surface area (Å²) in [6.45, 7) is 11.0. The van der Waals surface area contributed by atoms with Crippen molar-refractivity contribution < 1.29 is 0 Å². The van der Waals surface area contributed by atoms with Crippen LogP contribution in [0.3, 0.4) is 0 Å². The second kappa shape index (κ2) is 6.91. The Morgan fingerprint density at radius 1 is 1.17 bits per heavy atom. The predicted molar refractivity (Wildman–Crippen MR) is 78.9 cm³/mol. The Hall–Kier alpha value is -0.0800. The average Bonchev–Trinajstić information content (AvgIpc) is 2.89. The fourth-order valence-corrected chi connectivity index (χ4v) is 3.83. The molecule has 0 radical (unpaired) electrons. The number of rotatable bonds is 5. The molecule has 106 valence electrons. The number of nitrogens with zero attached hydrogens (tertiary/aromatic N) is 1. The molecule has 3 unspecified atom stereocenters. The predicted octanol–water partition coefficient (Wildman–Crippen LogP) is 3.28. The van der Waals surface area contributed by atoms with Gasteiger partial charge in [-0.2, -0.15) is 0 Å². The quantitative estimate of drug-likeness (QED) is 0.808. The van der Waals surface area contributed by atoms with E-state index in [1.807, 2.05) is 0 Å². The summed E-state index contributed by atoms with van der Waals surface area (Å²) in [5.74, 6) is 1.82. The largest absolute Gasteiger partial charge is 0.312 e. The molecule has 2 heteroatoms. The molecule has 1 aliphatic heterocycles. The summed E-state index contributed by atoms with van der Waals surface area (Å²) >= 11 is 0. The first kappa shape index (κ1) is 14.3. The van der Waals surface area contributed by atoms with Crippen molar-refractivity contribution in [3.63, 3.8) is 0 Å². The molecule has 2 nitrogen and oxygen atoms in total. The molecule has 3 atom stereocenters. The molecule has 0 bridgehead atoms. The maximum absolute atomic E-state index is 3.82. The van der Waals surface area contributed by atoms with Crippen LogP contribution >= 0.6 is 0 Å². The minimum absolute atomic E-state index is 0.762. The molecule has 18 heavy (non-hydrogen) atoms. The maximum Gasteiger partial charge on any atom is 0.0252 e. The van der Waals surface area contributed by atoms with Crippen LogP contribution in [0.1, 0.15) is 59.3 Å². The van der Waals surface area contributed by atoms with Crippen LogP contribution in [0.4, 0.5) is 0 Å². The van der Waals surface area contributed by atoms with Crippen molar-refractivity contribution >= 4 is 0 Å². The van der Waals surface area contributed by atoms with Gasteiger partial charge >= 0.3 is 0 Å². The van der Waals surface area contributed by atoms with Crippen molar-refractivity contribution in [2.24, 2.45) is 11.8 Å². The lowest BCUT2D eigenvalue weighted by atomic mass is 9.76. The summed E-state index contributed by atoms with van der Waals surface area (Å²) < 4.78 is 0. The fourth-order valence-electron chi connectivity index (χ4n) is 3.83. The molecule has 2 aliphatic rings. The van der Waals surface area contributed by atoms with Crippen molar-refractivity contribution in [2.75, 3.05) is 19.6 Å². The third kappa shape index (κ3) is 3.48. The third-order valence-electron chi connectivity index (χ3n) is 5.07. The highest BCUT2D eigenvalue weighted by molar-refractivity contribution is 4.93. The normalized spacial score (nSPS) is 34.3. The molecule has 1 N–H and O–H groups in total. The van der Waals surface area contributed by atoms with Crippen molar-refractivity contribution in [1.29, 1.82) is 0 Å². The van der Waals surface area contributed by atoms with Crippen LogP contribution in [0.25, 0.3) is 0 Å². The first-order valence-corrected chi connectivity index (χ1v) is 8.19. The minimum atomic E-state index is 0.762. The maximum atomic E-state index is 3.82. The molecule has 0 amide bonds. The van der Waals surface area contributed by atoms with E-state index in [0.717, 1.165) is 23.9 Å². The molecule has 0 aromatic rings. The smallest absolute Gasteiger partial charge is 0.0252 e. The van der Waals surface area contributed by atoms with Crippen molar-refractivity contribution in [1.82, 2.24) is 10.2 Å². The van der Waals surface area contributed by atoms with E-state index in [-0.39, 0.29) is 0 Å². The van der Waals surface area contributed by atoms with Crippen LogP contribution in [0.2, 0.25) is 0 Å². The average molecular weight is 252 g/mol. The van der Waals surface area contributed by atoms with E-state index in [4.69, 9.17) is 0 Å². The zero-order valence-electron chi connectivity index (χ0n) is 12.6. The third-order valence-corrected chi connectivity index (χ3v) is 5.07. The van der Waals surface area contributed by atoms with Gasteiger partial charge < -0.3 is 5.32 Å². The second-order valence-corrected chi connectivity index (χ2v) is 6.69. The summed E-state index contributed by atoms with van der Waals surface area (Å²) in [6.07, 6.45) is 8.36. The van der Waals surface area contributed by atoms with Crippen molar-refractivity contribution in [3.05, 3.63) is 0 Å². The van der Waals surface area contributed by atoms with E-state index in [0.29, 0.717) is 0 Å². The van der Waals surface area contributed by atoms with Crippen LogP contribution in [-0.4, -0.2) is 36.6 Å². The molecular formula is C16H32N2. The van der Waals surface area contributed by atoms with Crippen LogP contribution in [0.15, 0.2) is 0 Å². The van der Waals surface area contributed by atoms with Crippen molar-refractivity contribution in [2.45, 2.75) is 71.4 Å². The second-order valence-electron chi connectivity index (χ2n) is 6.69. The van der Waals surface area contributed by atoms with E-state index in [1.54, 1.807) is 0 Å². The summed E-state index contributed by atoms with van der Waals surface area (Å²) in [6, 6.07) is 1.58. The summed E-state index contributed by atoms with van der Waals surface area (Å²) in [5.41, 5.74) is 0. The van der Waals surface area contributed by atoms with Gasteiger partial charge in [0.15, 0.2) is 0 Å². The van der Waals surface area contributed by atoms with E-state index in [2.05, 4.69) is 31.0 Å². The molecule has 0 spiro atoms. The zero-order valence-corrected chi connectivity index (χ0v) is 12.6. The van der Waals surface area contributed by atoms with Gasteiger partial charge in [0.1, 0.15) is 0 Å². The number of hydrogen-bond acceptors (Lipinski definition) is 2. The SMILES string of the molecule is CCCNC1CCC(C(C)C)CC1N1CCCC1. The summed E-state index contributed by atoms with van der Waals surface area (Å²) in [4.78, 5) is 2.78. The monoisotopic (exact) mass is 252 g/mol. The van der Waals surface area contributed by atoms with E-state index < -0.39 is 0 Å². The topological polar surface area (TPSA) is 15.3 Å². The molecule has 1 saturated heterocycles. The molecule has 1 aliphatic carbocycles. The van der Waals surface area contributed by atoms with Gasteiger partial charge in [-0.1, -0.05) is 20.8 Å². The van der Waals surface area contributed by atoms with Crippen molar-refractivity contribution in [3.8, 4) is 0 Å². The number of hydrogen-bond donors (Lipinski definition) is 1. The molecule has 2 rings (SSSR count). The van der Waals surface area contributed by atoms with E-state index in [1.165, 1.54) is 58.2 Å². The van der Waals surface area contributed by atoms with Gasteiger partial charge in [-0.15, -0.1) is 0 Å². The van der Waals surface area contributed by atoms with Gasteiger partial charge in [0.2, 0.25) is 0 Å². The minimum Gasteiger partial charge on any atom is -0.312 e. The fraction of sp³-hybridized carbons (Fsp3) is 1.00. The molecular weight excluding hydrogens is 220 g/mol. The van der Waals surface area contributed by atoms with Crippen LogP contribution in [-0.2, 0) is 0 Å². The van der Waals surface area contributed by atoms with Gasteiger partial charge in [0, 0.05) is 12.1 Å². The van der Waals surface area contributed by atoms with Gasteiger partial charge in [0.05, 0.1) is 0 Å². The van der Waals surface area contributed by atoms with Gasteiger partial charge in [0.25, 0.3) is 0 Å². The number of likely N-dealkylation sites (tertiary alicyclic amines) is 1.